The van der Waals surface area contributed by atoms with Crippen molar-refractivity contribution in [3.63, 3.8) is 0 Å². The SMILES string of the molecule is O=C(C1SCN[C@@H]1CO)[C@@H]1CCCN1C(=O)C[C@H]1CCc2ccccc2C1. The standard InChI is InChI=1S/C21H28N2O3S/c24-12-17-21(27-13-22-17)20(26)18-6-3-9-23(18)19(25)11-14-7-8-15-4-1-2-5-16(15)10-14/h1-2,4-5,14,17-18,21-22,24H,3,6-13H2/t14-,17+,18-,21?/m0/s1. The summed E-state index contributed by atoms with van der Waals surface area (Å²) in [5.74, 6) is 1.30. The van der Waals surface area contributed by atoms with Crippen LogP contribution in [0.5, 0.6) is 0 Å². The number of Topliss-reactive ketones (excluding diaryl/α,β-unsaturated/α-hetero) is 1. The molecular weight excluding hydrogens is 360 g/mol. The van der Waals surface area contributed by atoms with Gasteiger partial charge in [-0.15, -0.1) is 11.8 Å². The number of aliphatic hydroxyl groups is 1. The fourth-order valence-corrected chi connectivity index (χ4v) is 6.00. The molecule has 0 bridgehead atoms. The Morgan fingerprint density at radius 1 is 1.22 bits per heavy atom. The van der Waals surface area contributed by atoms with Crippen LogP contribution in [-0.4, -0.2) is 58.1 Å². The normalized spacial score (nSPS) is 30.3. The quantitative estimate of drug-likeness (QED) is 0.805. The van der Waals surface area contributed by atoms with Gasteiger partial charge >= 0.3 is 0 Å². The highest BCUT2D eigenvalue weighted by molar-refractivity contribution is 8.00. The van der Waals surface area contributed by atoms with Crippen molar-refractivity contribution in [1.82, 2.24) is 10.2 Å². The van der Waals surface area contributed by atoms with Crippen LogP contribution in [0.15, 0.2) is 24.3 Å². The number of thioether (sulfide) groups is 1. The number of nitrogens with zero attached hydrogens (tertiary/aromatic N) is 1. The van der Waals surface area contributed by atoms with E-state index in [4.69, 9.17) is 0 Å². The summed E-state index contributed by atoms with van der Waals surface area (Å²) in [6, 6.07) is 8.03. The first kappa shape index (κ1) is 19.0. The van der Waals surface area contributed by atoms with E-state index in [9.17, 15) is 14.7 Å². The molecule has 0 spiro atoms. The number of aryl methyl sites for hydroxylation is 1. The molecule has 6 heteroatoms. The lowest BCUT2D eigenvalue weighted by atomic mass is 9.82. The first-order chi connectivity index (χ1) is 13.2. The predicted octanol–water partition coefficient (Wildman–Crippen LogP) is 1.77. The topological polar surface area (TPSA) is 69.6 Å². The maximum atomic E-state index is 13.0. The smallest absolute Gasteiger partial charge is 0.223 e. The number of hydrogen-bond acceptors (Lipinski definition) is 5. The summed E-state index contributed by atoms with van der Waals surface area (Å²) in [4.78, 5) is 27.9. The molecular formula is C21H28N2O3S. The van der Waals surface area contributed by atoms with Gasteiger partial charge in [-0.1, -0.05) is 24.3 Å². The molecule has 1 aromatic carbocycles. The van der Waals surface area contributed by atoms with Crippen LogP contribution >= 0.6 is 11.8 Å². The molecule has 2 heterocycles. The summed E-state index contributed by atoms with van der Waals surface area (Å²) < 4.78 is 0. The van der Waals surface area contributed by atoms with Crippen molar-refractivity contribution < 1.29 is 14.7 Å². The molecule has 146 valence electrons. The van der Waals surface area contributed by atoms with Crippen LogP contribution in [-0.2, 0) is 22.4 Å². The zero-order chi connectivity index (χ0) is 18.8. The zero-order valence-corrected chi connectivity index (χ0v) is 16.4. The average Bonchev–Trinajstić information content (AvgIpc) is 3.36. The molecule has 5 nitrogen and oxygen atoms in total. The average molecular weight is 389 g/mol. The van der Waals surface area contributed by atoms with Gasteiger partial charge in [0.05, 0.1) is 17.9 Å². The molecule has 27 heavy (non-hydrogen) atoms. The third kappa shape index (κ3) is 3.93. The van der Waals surface area contributed by atoms with Gasteiger partial charge in [0.15, 0.2) is 5.78 Å². The van der Waals surface area contributed by atoms with Crippen LogP contribution < -0.4 is 5.32 Å². The number of aliphatic hydroxyl groups excluding tert-OH is 1. The van der Waals surface area contributed by atoms with Crippen LogP contribution in [0.25, 0.3) is 0 Å². The van der Waals surface area contributed by atoms with Gasteiger partial charge in [-0.25, -0.2) is 0 Å². The second-order valence-corrected chi connectivity index (χ2v) is 9.08. The Morgan fingerprint density at radius 2 is 2.04 bits per heavy atom. The molecule has 0 saturated carbocycles. The van der Waals surface area contributed by atoms with Crippen molar-refractivity contribution in [3.8, 4) is 0 Å². The number of fused-ring (bicyclic) bond motifs is 1. The number of likely N-dealkylation sites (tertiary alicyclic amines) is 1. The molecule has 2 aliphatic heterocycles. The third-order valence-electron chi connectivity index (χ3n) is 6.26. The Labute approximate surface area is 164 Å². The lowest BCUT2D eigenvalue weighted by Gasteiger charge is -2.30. The second-order valence-electron chi connectivity index (χ2n) is 7.95. The fourth-order valence-electron chi connectivity index (χ4n) is 4.77. The molecule has 4 rings (SSSR count). The van der Waals surface area contributed by atoms with Crippen LogP contribution in [0.4, 0.5) is 0 Å². The van der Waals surface area contributed by atoms with Crippen molar-refractivity contribution in [3.05, 3.63) is 35.4 Å². The Morgan fingerprint density at radius 3 is 2.85 bits per heavy atom. The first-order valence-electron chi connectivity index (χ1n) is 10.0. The number of nitrogens with one attached hydrogen (secondary N) is 1. The van der Waals surface area contributed by atoms with E-state index in [-0.39, 0.29) is 35.6 Å². The molecule has 3 aliphatic rings. The van der Waals surface area contributed by atoms with Crippen molar-refractivity contribution >= 4 is 23.5 Å². The summed E-state index contributed by atoms with van der Waals surface area (Å²) in [5, 5.41) is 12.4. The first-order valence-corrected chi connectivity index (χ1v) is 11.1. The Balaban J connectivity index is 1.39. The highest BCUT2D eigenvalue weighted by Gasteiger charge is 2.42. The van der Waals surface area contributed by atoms with Crippen LogP contribution in [0.1, 0.15) is 36.8 Å². The van der Waals surface area contributed by atoms with Gasteiger partial charge in [0.2, 0.25) is 5.91 Å². The molecule has 0 radical (unpaired) electrons. The molecule has 2 fully saturated rings. The lowest BCUT2D eigenvalue weighted by Crippen LogP contribution is -2.48. The van der Waals surface area contributed by atoms with Crippen LogP contribution in [0, 0.1) is 5.92 Å². The van der Waals surface area contributed by atoms with Gasteiger partial charge in [-0.05, 0) is 49.1 Å². The molecule has 1 unspecified atom stereocenters. The zero-order valence-electron chi connectivity index (χ0n) is 15.6. The third-order valence-corrected chi connectivity index (χ3v) is 7.52. The minimum Gasteiger partial charge on any atom is -0.395 e. The fraction of sp³-hybridized carbons (Fsp3) is 0.619. The number of hydrogen-bond donors (Lipinski definition) is 2. The number of rotatable bonds is 5. The van der Waals surface area contributed by atoms with Crippen molar-refractivity contribution in [2.45, 2.75) is 55.9 Å². The van der Waals surface area contributed by atoms with Crippen molar-refractivity contribution in [2.24, 2.45) is 5.92 Å². The van der Waals surface area contributed by atoms with Gasteiger partial charge < -0.3 is 15.3 Å². The Kier molecular flexibility index (Phi) is 5.85. The number of benzene rings is 1. The van der Waals surface area contributed by atoms with Crippen molar-refractivity contribution in [2.75, 3.05) is 19.0 Å². The molecule has 4 atom stereocenters. The molecule has 2 saturated heterocycles. The summed E-state index contributed by atoms with van der Waals surface area (Å²) in [5.41, 5.74) is 2.78. The maximum absolute atomic E-state index is 13.0. The van der Waals surface area contributed by atoms with E-state index >= 15 is 0 Å². The van der Waals surface area contributed by atoms with Gasteiger partial charge in [0.25, 0.3) is 0 Å². The number of carbonyl (C=O) groups excluding carboxylic acids is 2. The minimum absolute atomic E-state index is 0.0362. The van der Waals surface area contributed by atoms with E-state index in [2.05, 4.69) is 29.6 Å². The Bertz CT molecular complexity index is 710. The largest absolute Gasteiger partial charge is 0.395 e. The molecule has 1 aromatic rings. The highest BCUT2D eigenvalue weighted by Crippen LogP contribution is 2.31. The lowest BCUT2D eigenvalue weighted by molar-refractivity contribution is -0.138. The van der Waals surface area contributed by atoms with E-state index in [0.717, 1.165) is 32.1 Å². The van der Waals surface area contributed by atoms with E-state index in [1.807, 2.05) is 4.90 Å². The summed E-state index contributed by atoms with van der Waals surface area (Å²) in [6.45, 7) is 0.651. The summed E-state index contributed by atoms with van der Waals surface area (Å²) >= 11 is 1.55. The number of ketones is 1. The monoisotopic (exact) mass is 388 g/mol. The van der Waals surface area contributed by atoms with Crippen LogP contribution in [0.3, 0.4) is 0 Å². The van der Waals surface area contributed by atoms with E-state index in [0.29, 0.717) is 24.8 Å². The van der Waals surface area contributed by atoms with Gasteiger partial charge in [-0.3, -0.25) is 9.59 Å². The number of amides is 1. The maximum Gasteiger partial charge on any atom is 0.223 e. The number of carbonyl (C=O) groups is 2. The van der Waals surface area contributed by atoms with Gasteiger partial charge in [0, 0.05) is 24.9 Å². The summed E-state index contributed by atoms with van der Waals surface area (Å²) in [6.07, 6.45) is 5.24. The highest BCUT2D eigenvalue weighted by atomic mass is 32.2. The molecule has 1 aliphatic carbocycles. The van der Waals surface area contributed by atoms with Gasteiger partial charge in [0.1, 0.15) is 0 Å². The van der Waals surface area contributed by atoms with Crippen LogP contribution in [0.2, 0.25) is 0 Å². The summed E-state index contributed by atoms with van der Waals surface area (Å²) in [7, 11) is 0. The molecule has 1 amide bonds. The van der Waals surface area contributed by atoms with Crippen molar-refractivity contribution in [1.29, 1.82) is 0 Å². The van der Waals surface area contributed by atoms with Gasteiger partial charge in [-0.2, -0.15) is 0 Å². The molecule has 0 aromatic heterocycles. The predicted molar refractivity (Wildman–Crippen MR) is 107 cm³/mol. The second kappa shape index (κ2) is 8.33. The van der Waals surface area contributed by atoms with E-state index < -0.39 is 0 Å². The van der Waals surface area contributed by atoms with E-state index in [1.165, 1.54) is 11.1 Å². The minimum atomic E-state index is -0.306. The molecule has 2 N–H and O–H groups in total. The Hall–Kier alpha value is -1.37. The van der Waals surface area contributed by atoms with E-state index in [1.54, 1.807) is 11.8 Å².